The second-order valence-corrected chi connectivity index (χ2v) is 10.2. The van der Waals surface area contributed by atoms with Crippen LogP contribution in [0.3, 0.4) is 0 Å². The van der Waals surface area contributed by atoms with Gasteiger partial charge in [0.25, 0.3) is 0 Å². The maximum atomic E-state index is 6.11. The number of benzene rings is 2. The summed E-state index contributed by atoms with van der Waals surface area (Å²) < 4.78 is 2.12. The molecule has 0 bridgehead atoms. The third-order valence-electron chi connectivity index (χ3n) is 7.61. The molecule has 2 aromatic heterocycles. The van der Waals surface area contributed by atoms with E-state index in [2.05, 4.69) is 69.5 Å². The van der Waals surface area contributed by atoms with E-state index in [1.54, 1.807) is 0 Å². The zero-order valence-electron chi connectivity index (χ0n) is 21.3. The summed E-state index contributed by atoms with van der Waals surface area (Å²) in [7, 11) is 0. The molecule has 8 nitrogen and oxygen atoms in total. The molecule has 1 atom stereocenters. The molecular formula is C28H36N8. The van der Waals surface area contributed by atoms with Crippen LogP contribution in [0.25, 0.3) is 22.5 Å². The Hall–Kier alpha value is -3.39. The summed E-state index contributed by atoms with van der Waals surface area (Å²) in [5.41, 5.74) is 10.5. The minimum atomic E-state index is 0.363. The normalized spacial score (nSPS) is 18.9. The van der Waals surface area contributed by atoms with E-state index < -0.39 is 0 Å². The fourth-order valence-corrected chi connectivity index (χ4v) is 5.08. The number of hydrogen-bond donors (Lipinski definition) is 2. The van der Waals surface area contributed by atoms with E-state index in [1.807, 2.05) is 18.2 Å². The second-order valence-electron chi connectivity index (χ2n) is 10.2. The van der Waals surface area contributed by atoms with E-state index in [4.69, 9.17) is 15.8 Å². The third kappa shape index (κ3) is 5.54. The zero-order valence-corrected chi connectivity index (χ0v) is 21.3. The van der Waals surface area contributed by atoms with Gasteiger partial charge in [0.05, 0.1) is 6.54 Å². The third-order valence-corrected chi connectivity index (χ3v) is 7.61. The Labute approximate surface area is 212 Å². The van der Waals surface area contributed by atoms with Crippen molar-refractivity contribution in [1.29, 1.82) is 0 Å². The van der Waals surface area contributed by atoms with Crippen LogP contribution in [-0.4, -0.2) is 41.4 Å². The van der Waals surface area contributed by atoms with Gasteiger partial charge in [0.15, 0.2) is 11.6 Å². The molecule has 3 N–H and O–H groups in total. The lowest BCUT2D eigenvalue weighted by Gasteiger charge is -2.25. The predicted molar refractivity (Wildman–Crippen MR) is 141 cm³/mol. The lowest BCUT2D eigenvalue weighted by molar-refractivity contribution is 0.308. The van der Waals surface area contributed by atoms with Crippen LogP contribution in [0, 0.1) is 5.92 Å². The maximum Gasteiger partial charge on any atom is 0.180 e. The minimum absolute atomic E-state index is 0.363. The molecule has 8 heteroatoms. The molecule has 1 fully saturated rings. The maximum absolute atomic E-state index is 6.11. The van der Waals surface area contributed by atoms with Crippen molar-refractivity contribution in [3.63, 3.8) is 0 Å². The van der Waals surface area contributed by atoms with Gasteiger partial charge in [-0.15, -0.1) is 5.10 Å². The molecule has 36 heavy (non-hydrogen) atoms. The number of nitrogens with two attached hydrogens (primary N) is 1. The van der Waals surface area contributed by atoms with Crippen LogP contribution in [0.2, 0.25) is 0 Å². The molecule has 1 unspecified atom stereocenters. The minimum Gasteiger partial charge on any atom is -0.328 e. The van der Waals surface area contributed by atoms with Crippen molar-refractivity contribution in [2.45, 2.75) is 77.3 Å². The standard InChI is InChI=1S/C28H36N8/c1-3-19(2)27-30-26(17-12-20-10-15-23(29)16-11-20)36(33-27)18-21-8-13-22(14-9-21)24-6-4-5-7-25(24)28-31-34-35-32-28/h4-9,13-14,19-20,23H,3,10-12,15-18,29H2,1-2H3,(H,31,32,34,35). The van der Waals surface area contributed by atoms with Gasteiger partial charge in [-0.05, 0) is 71.6 Å². The van der Waals surface area contributed by atoms with Gasteiger partial charge in [0, 0.05) is 23.9 Å². The molecule has 0 aliphatic heterocycles. The number of H-pyrrole nitrogens is 1. The molecule has 0 saturated heterocycles. The number of aryl methyl sites for hydroxylation is 1. The van der Waals surface area contributed by atoms with Crippen molar-refractivity contribution in [2.75, 3.05) is 0 Å². The first kappa shape index (κ1) is 24.3. The number of nitrogens with one attached hydrogen (secondary N) is 1. The summed E-state index contributed by atoms with van der Waals surface area (Å²) in [5.74, 6) is 3.85. The summed E-state index contributed by atoms with van der Waals surface area (Å²) in [6, 6.07) is 17.2. The van der Waals surface area contributed by atoms with E-state index in [0.29, 0.717) is 17.8 Å². The van der Waals surface area contributed by atoms with E-state index in [0.717, 1.165) is 72.9 Å². The van der Waals surface area contributed by atoms with Crippen molar-refractivity contribution in [1.82, 2.24) is 35.4 Å². The van der Waals surface area contributed by atoms with Gasteiger partial charge in [0.2, 0.25) is 0 Å². The predicted octanol–water partition coefficient (Wildman–Crippen LogP) is 5.14. The van der Waals surface area contributed by atoms with E-state index in [9.17, 15) is 0 Å². The molecule has 0 spiro atoms. The number of hydrogen-bond acceptors (Lipinski definition) is 6. The van der Waals surface area contributed by atoms with Crippen LogP contribution >= 0.6 is 0 Å². The van der Waals surface area contributed by atoms with Crippen LogP contribution in [0.5, 0.6) is 0 Å². The average Bonchev–Trinajstić information content (AvgIpc) is 3.59. The quantitative estimate of drug-likeness (QED) is 0.340. The number of rotatable bonds is 9. The zero-order chi connectivity index (χ0) is 24.9. The van der Waals surface area contributed by atoms with Crippen LogP contribution in [0.15, 0.2) is 48.5 Å². The largest absolute Gasteiger partial charge is 0.328 e. The van der Waals surface area contributed by atoms with Gasteiger partial charge >= 0.3 is 0 Å². The van der Waals surface area contributed by atoms with Crippen LogP contribution in [-0.2, 0) is 13.0 Å². The Kier molecular flexibility index (Phi) is 7.51. The molecule has 1 aliphatic carbocycles. The molecule has 1 saturated carbocycles. The van der Waals surface area contributed by atoms with Crippen molar-refractivity contribution in [2.24, 2.45) is 11.7 Å². The second kappa shape index (κ2) is 11.1. The Morgan fingerprint density at radius 2 is 1.78 bits per heavy atom. The van der Waals surface area contributed by atoms with Crippen molar-refractivity contribution < 1.29 is 0 Å². The summed E-state index contributed by atoms with van der Waals surface area (Å²) in [6.07, 6.45) is 7.95. The Bertz CT molecular complexity index is 1240. The van der Waals surface area contributed by atoms with Gasteiger partial charge in [0.1, 0.15) is 5.82 Å². The lowest BCUT2D eigenvalue weighted by Crippen LogP contribution is -2.26. The van der Waals surface area contributed by atoms with Gasteiger partial charge in [-0.25, -0.2) is 14.8 Å². The molecule has 2 heterocycles. The topological polar surface area (TPSA) is 111 Å². The Morgan fingerprint density at radius 3 is 2.47 bits per heavy atom. The first-order valence-electron chi connectivity index (χ1n) is 13.2. The monoisotopic (exact) mass is 484 g/mol. The smallest absolute Gasteiger partial charge is 0.180 e. The fraction of sp³-hybridized carbons (Fsp3) is 0.464. The highest BCUT2D eigenvalue weighted by Gasteiger charge is 2.21. The summed E-state index contributed by atoms with van der Waals surface area (Å²) in [6.45, 7) is 5.13. The summed E-state index contributed by atoms with van der Waals surface area (Å²) in [5, 5.41) is 19.4. The van der Waals surface area contributed by atoms with Crippen LogP contribution in [0.4, 0.5) is 0 Å². The number of nitrogens with zero attached hydrogens (tertiary/aromatic N) is 6. The molecule has 4 aromatic rings. The Morgan fingerprint density at radius 1 is 1.03 bits per heavy atom. The molecule has 2 aromatic carbocycles. The van der Waals surface area contributed by atoms with Crippen LogP contribution in [0.1, 0.15) is 75.5 Å². The summed E-state index contributed by atoms with van der Waals surface area (Å²) >= 11 is 0. The fourth-order valence-electron chi connectivity index (χ4n) is 5.08. The first-order chi connectivity index (χ1) is 17.6. The molecule has 0 radical (unpaired) electrons. The molecule has 5 rings (SSSR count). The number of tetrazole rings is 1. The van der Waals surface area contributed by atoms with Crippen LogP contribution < -0.4 is 5.73 Å². The molecule has 0 amide bonds. The number of aromatic amines is 1. The number of aromatic nitrogens is 7. The van der Waals surface area contributed by atoms with Gasteiger partial charge in [-0.3, -0.25) is 0 Å². The van der Waals surface area contributed by atoms with E-state index in [1.165, 1.54) is 18.4 Å². The molecule has 1 aliphatic rings. The highest BCUT2D eigenvalue weighted by atomic mass is 15.5. The molecule has 188 valence electrons. The van der Waals surface area contributed by atoms with Crippen molar-refractivity contribution in [3.05, 3.63) is 65.7 Å². The van der Waals surface area contributed by atoms with Crippen molar-refractivity contribution in [3.8, 4) is 22.5 Å². The van der Waals surface area contributed by atoms with Crippen molar-refractivity contribution >= 4 is 0 Å². The Balaban J connectivity index is 1.33. The molecular weight excluding hydrogens is 448 g/mol. The SMILES string of the molecule is CCC(C)c1nc(CCC2CCC(N)CC2)n(Cc2ccc(-c3ccccc3-c3nnn[nH]3)cc2)n1. The van der Waals surface area contributed by atoms with E-state index >= 15 is 0 Å². The highest BCUT2D eigenvalue weighted by Crippen LogP contribution is 2.30. The highest BCUT2D eigenvalue weighted by molar-refractivity contribution is 5.80. The van der Waals surface area contributed by atoms with Gasteiger partial charge < -0.3 is 5.73 Å². The van der Waals surface area contributed by atoms with E-state index in [-0.39, 0.29) is 0 Å². The summed E-state index contributed by atoms with van der Waals surface area (Å²) in [4.78, 5) is 4.99. The van der Waals surface area contributed by atoms with Gasteiger partial charge in [-0.2, -0.15) is 5.10 Å². The van der Waals surface area contributed by atoms with Gasteiger partial charge in [-0.1, -0.05) is 62.4 Å². The lowest BCUT2D eigenvalue weighted by atomic mass is 9.84. The average molecular weight is 485 g/mol. The first-order valence-corrected chi connectivity index (χ1v) is 13.2.